The summed E-state index contributed by atoms with van der Waals surface area (Å²) in [5.41, 5.74) is 4.24. The van der Waals surface area contributed by atoms with Crippen LogP contribution in [0.4, 0.5) is 5.82 Å². The van der Waals surface area contributed by atoms with Gasteiger partial charge in [0.05, 0.1) is 18.2 Å². The van der Waals surface area contributed by atoms with E-state index < -0.39 is 0 Å². The van der Waals surface area contributed by atoms with Crippen molar-refractivity contribution in [2.45, 2.75) is 31.2 Å². The highest BCUT2D eigenvalue weighted by Crippen LogP contribution is 2.47. The minimum atomic E-state index is -0.362. The zero-order chi connectivity index (χ0) is 18.7. The molecule has 0 radical (unpaired) electrons. The van der Waals surface area contributed by atoms with E-state index in [9.17, 15) is 5.26 Å². The molecule has 3 aromatic rings. The number of H-pyrrole nitrogens is 1. The van der Waals surface area contributed by atoms with Crippen LogP contribution in [0.3, 0.4) is 0 Å². The number of hydrogen-bond acceptors (Lipinski definition) is 7. The van der Waals surface area contributed by atoms with E-state index in [2.05, 4.69) is 31.9 Å². The molecule has 8 nitrogen and oxygen atoms in total. The fourth-order valence-corrected chi connectivity index (χ4v) is 5.37. The topological polar surface area (TPSA) is 116 Å². The van der Waals surface area contributed by atoms with Gasteiger partial charge in [0.1, 0.15) is 11.0 Å². The second kappa shape index (κ2) is 5.97. The van der Waals surface area contributed by atoms with Crippen molar-refractivity contribution in [3.63, 3.8) is 0 Å². The van der Waals surface area contributed by atoms with E-state index in [-0.39, 0.29) is 17.8 Å². The molecule has 3 fully saturated rings. The number of fused-ring (bicyclic) bond motifs is 5. The van der Waals surface area contributed by atoms with Crippen LogP contribution in [-0.2, 0) is 0 Å². The minimum Gasteiger partial charge on any atom is -0.313 e. The van der Waals surface area contributed by atoms with E-state index >= 15 is 0 Å². The molecule has 2 N–H and O–H groups in total. The van der Waals surface area contributed by atoms with E-state index in [0.717, 1.165) is 42.0 Å². The van der Waals surface area contributed by atoms with Gasteiger partial charge in [0, 0.05) is 29.2 Å². The molecule has 28 heavy (non-hydrogen) atoms. The molecular formula is C20H19N7O. The highest BCUT2D eigenvalue weighted by molar-refractivity contribution is 5.97. The lowest BCUT2D eigenvalue weighted by atomic mass is 9.66. The van der Waals surface area contributed by atoms with Gasteiger partial charge in [0.25, 0.3) is 0 Å². The molecule has 1 aromatic carbocycles. The minimum absolute atomic E-state index is 0.192. The number of aromatic amines is 1. The van der Waals surface area contributed by atoms with Crippen LogP contribution in [0, 0.1) is 29.1 Å². The van der Waals surface area contributed by atoms with Crippen molar-refractivity contribution >= 4 is 22.6 Å². The van der Waals surface area contributed by atoms with Gasteiger partial charge in [0.2, 0.25) is 0 Å². The summed E-state index contributed by atoms with van der Waals surface area (Å²) in [6, 6.07) is 8.78. The molecule has 2 aromatic heterocycles. The van der Waals surface area contributed by atoms with Gasteiger partial charge < -0.3 is 5.32 Å². The lowest BCUT2D eigenvalue weighted by Gasteiger charge is -2.45. The summed E-state index contributed by atoms with van der Waals surface area (Å²) in [4.78, 5) is 4.92. The van der Waals surface area contributed by atoms with Crippen molar-refractivity contribution in [2.24, 2.45) is 22.7 Å². The Hall–Kier alpha value is -3.05. The third kappa shape index (κ3) is 2.20. The maximum atomic E-state index is 10.2. The Kier molecular flexibility index (Phi) is 3.40. The predicted molar refractivity (Wildman–Crippen MR) is 101 cm³/mol. The van der Waals surface area contributed by atoms with Crippen molar-refractivity contribution in [2.75, 3.05) is 6.54 Å². The lowest BCUT2D eigenvalue weighted by molar-refractivity contribution is 0.175. The van der Waals surface area contributed by atoms with Gasteiger partial charge in [-0.2, -0.15) is 10.4 Å². The first-order chi connectivity index (χ1) is 13.8. The number of aromatic nitrogens is 4. The first kappa shape index (κ1) is 16.0. The van der Waals surface area contributed by atoms with Gasteiger partial charge in [0.15, 0.2) is 5.82 Å². The van der Waals surface area contributed by atoms with Crippen LogP contribution in [0.5, 0.6) is 0 Å². The predicted octanol–water partition coefficient (Wildman–Crippen LogP) is 2.69. The van der Waals surface area contributed by atoms with E-state index in [1.165, 1.54) is 6.42 Å². The molecule has 140 valence electrons. The highest BCUT2D eigenvalue weighted by Gasteiger charge is 2.45. The summed E-state index contributed by atoms with van der Waals surface area (Å²) >= 11 is 0. The Balaban J connectivity index is 1.52. The van der Waals surface area contributed by atoms with Gasteiger partial charge in [-0.25, -0.2) is 9.62 Å². The number of rotatable bonds is 2. The smallest absolute Gasteiger partial charge is 0.151 e. The molecule has 7 rings (SSSR count). The molecule has 5 heterocycles. The van der Waals surface area contributed by atoms with Crippen LogP contribution in [0.15, 0.2) is 34.0 Å². The number of piperidine rings is 2. The zero-order valence-electron chi connectivity index (χ0n) is 15.2. The van der Waals surface area contributed by atoms with E-state index in [0.29, 0.717) is 23.0 Å². The number of nitrogens with one attached hydrogen (secondary N) is 2. The largest absolute Gasteiger partial charge is 0.313 e. The fraction of sp³-hybridized carbons (Fsp3) is 0.450. The van der Waals surface area contributed by atoms with Crippen LogP contribution >= 0.6 is 0 Å². The summed E-state index contributed by atoms with van der Waals surface area (Å²) in [5.74, 6) is 1.15. The molecule has 3 aliphatic heterocycles. The number of nitriles is 1. The Morgan fingerprint density at radius 2 is 2.14 bits per heavy atom. The van der Waals surface area contributed by atoms with Gasteiger partial charge in [-0.1, -0.05) is 12.1 Å². The number of aliphatic imine (C=N–C) groups is 1. The molecule has 2 bridgehead atoms. The number of hydrogen-bond donors (Lipinski definition) is 2. The monoisotopic (exact) mass is 373 g/mol. The van der Waals surface area contributed by atoms with Crippen LogP contribution < -0.4 is 5.32 Å². The molecule has 0 amide bonds. The van der Waals surface area contributed by atoms with Crippen LogP contribution in [0.2, 0.25) is 0 Å². The molecule has 8 heteroatoms. The zero-order valence-corrected chi connectivity index (χ0v) is 15.2. The van der Waals surface area contributed by atoms with Gasteiger partial charge in [-0.05, 0) is 53.7 Å². The van der Waals surface area contributed by atoms with Crippen molar-refractivity contribution in [3.05, 3.63) is 35.5 Å². The fourth-order valence-electron chi connectivity index (χ4n) is 5.37. The molecule has 5 unspecified atom stereocenters. The maximum Gasteiger partial charge on any atom is 0.151 e. The maximum absolute atomic E-state index is 10.2. The lowest BCUT2D eigenvalue weighted by Crippen LogP contribution is -2.54. The molecule has 0 spiro atoms. The molecule has 1 saturated carbocycles. The average molecular weight is 373 g/mol. The van der Waals surface area contributed by atoms with Crippen molar-refractivity contribution in [1.82, 2.24) is 25.8 Å². The first-order valence-corrected chi connectivity index (χ1v) is 9.79. The summed E-state index contributed by atoms with van der Waals surface area (Å²) in [6.45, 7) is 1.08. The third-order valence-electron chi connectivity index (χ3n) is 6.67. The summed E-state index contributed by atoms with van der Waals surface area (Å²) in [7, 11) is 0. The second-order valence-electron chi connectivity index (χ2n) is 8.07. The summed E-state index contributed by atoms with van der Waals surface area (Å²) in [5, 5.41) is 29.2. The second-order valence-corrected chi connectivity index (χ2v) is 8.07. The Bertz CT molecular complexity index is 1110. The molecule has 4 aliphatic rings. The Morgan fingerprint density at radius 3 is 2.93 bits per heavy atom. The summed E-state index contributed by atoms with van der Waals surface area (Å²) < 4.78 is 4.97. The first-order valence-electron chi connectivity index (χ1n) is 9.79. The molecule has 1 aliphatic carbocycles. The normalized spacial score (nSPS) is 31.4. The molecular weight excluding hydrogens is 354 g/mol. The van der Waals surface area contributed by atoms with Gasteiger partial charge in [-0.15, -0.1) is 0 Å². The number of benzene rings is 1. The highest BCUT2D eigenvalue weighted by atomic mass is 16.6. The summed E-state index contributed by atoms with van der Waals surface area (Å²) in [6.07, 6.45) is 5.29. The average Bonchev–Trinajstić information content (AvgIpc) is 3.42. The van der Waals surface area contributed by atoms with Crippen molar-refractivity contribution in [3.8, 4) is 6.07 Å². The van der Waals surface area contributed by atoms with Crippen LogP contribution in [0.1, 0.15) is 36.3 Å². The van der Waals surface area contributed by atoms with E-state index in [4.69, 9.17) is 9.62 Å². The van der Waals surface area contributed by atoms with Crippen molar-refractivity contribution in [1.29, 1.82) is 5.26 Å². The van der Waals surface area contributed by atoms with E-state index in [1.807, 2.05) is 18.2 Å². The van der Waals surface area contributed by atoms with E-state index in [1.54, 1.807) is 6.20 Å². The standard InChI is InChI=1S/C20H19N7O/c21-7-13-17(11-2-1-3-16-19(11)27-28-26-16)14-9-23-25-20(14)24-18(13)12-6-10-4-5-15(12)22-8-10/h1-3,9-10,12-13,15,17,22H,4-6,8H2,(H,23,25). The Labute approximate surface area is 161 Å². The van der Waals surface area contributed by atoms with Gasteiger partial charge in [-0.3, -0.25) is 5.10 Å². The molecule has 5 atom stereocenters. The SMILES string of the molecule is N#CC1C(C2CC3CCC2NC3)=Nc2[nH]ncc2C1c1cccc2nonc12. The third-order valence-corrected chi connectivity index (χ3v) is 6.67. The van der Waals surface area contributed by atoms with Gasteiger partial charge >= 0.3 is 0 Å². The van der Waals surface area contributed by atoms with Crippen LogP contribution in [-0.4, -0.2) is 38.8 Å². The van der Waals surface area contributed by atoms with Crippen LogP contribution in [0.25, 0.3) is 11.0 Å². The van der Waals surface area contributed by atoms with Crippen molar-refractivity contribution < 1.29 is 4.63 Å². The Morgan fingerprint density at radius 1 is 1.18 bits per heavy atom. The number of nitrogens with zero attached hydrogens (tertiary/aromatic N) is 5. The quantitative estimate of drug-likeness (QED) is 0.713. The molecule has 2 saturated heterocycles.